The summed E-state index contributed by atoms with van der Waals surface area (Å²) in [4.78, 5) is 0. The van der Waals surface area contributed by atoms with Crippen molar-refractivity contribution in [2.45, 2.75) is 32.0 Å². The minimum absolute atomic E-state index is 0.137. The zero-order valence-electron chi connectivity index (χ0n) is 7.79. The van der Waals surface area contributed by atoms with E-state index < -0.39 is 6.10 Å². The van der Waals surface area contributed by atoms with Crippen molar-refractivity contribution in [1.82, 2.24) is 0 Å². The Labute approximate surface area is 73.3 Å². The Kier molecular flexibility index (Phi) is 5.41. The number of nitrogens with two attached hydrogens (primary N) is 1. The Morgan fingerprint density at radius 2 is 2.17 bits per heavy atom. The highest BCUT2D eigenvalue weighted by atomic mass is 16.5. The van der Waals surface area contributed by atoms with Crippen LogP contribution in [0.15, 0.2) is 0 Å². The van der Waals surface area contributed by atoms with Gasteiger partial charge in [-0.2, -0.15) is 0 Å². The van der Waals surface area contributed by atoms with Gasteiger partial charge in [0, 0.05) is 6.54 Å². The molecule has 0 rings (SSSR count). The van der Waals surface area contributed by atoms with Crippen molar-refractivity contribution in [3.63, 3.8) is 0 Å². The second-order valence-electron chi connectivity index (χ2n) is 3.15. The van der Waals surface area contributed by atoms with Crippen LogP contribution >= 0.6 is 0 Å². The van der Waals surface area contributed by atoms with Gasteiger partial charge in [0.1, 0.15) is 6.10 Å². The topological polar surface area (TPSA) is 75.7 Å². The molecule has 0 radical (unpaired) electrons. The van der Waals surface area contributed by atoms with Crippen LogP contribution in [0.2, 0.25) is 0 Å². The molecule has 0 amide bonds. The van der Waals surface area contributed by atoms with E-state index >= 15 is 0 Å². The van der Waals surface area contributed by atoms with E-state index in [-0.39, 0.29) is 18.8 Å². The van der Waals surface area contributed by atoms with E-state index in [1.54, 1.807) is 0 Å². The fourth-order valence-electron chi connectivity index (χ4n) is 0.655. The molecule has 4 nitrogen and oxygen atoms in total. The van der Waals surface area contributed by atoms with Gasteiger partial charge in [-0.3, -0.25) is 0 Å². The second kappa shape index (κ2) is 5.48. The van der Waals surface area contributed by atoms with Gasteiger partial charge in [0.25, 0.3) is 0 Å². The molecule has 0 aliphatic heterocycles. The van der Waals surface area contributed by atoms with Crippen LogP contribution in [0.1, 0.15) is 20.3 Å². The highest BCUT2D eigenvalue weighted by Crippen LogP contribution is 2.13. The summed E-state index contributed by atoms with van der Waals surface area (Å²) in [7, 11) is 0. The first kappa shape index (κ1) is 11.8. The second-order valence-corrected chi connectivity index (χ2v) is 3.15. The molecule has 0 fully saturated rings. The van der Waals surface area contributed by atoms with Crippen molar-refractivity contribution < 1.29 is 14.9 Å². The van der Waals surface area contributed by atoms with Crippen LogP contribution in [-0.4, -0.2) is 41.7 Å². The van der Waals surface area contributed by atoms with Crippen LogP contribution < -0.4 is 5.73 Å². The fraction of sp³-hybridized carbons (Fsp3) is 1.00. The van der Waals surface area contributed by atoms with E-state index in [1.165, 1.54) is 0 Å². The quantitative estimate of drug-likeness (QED) is 0.510. The largest absolute Gasteiger partial charge is 0.394 e. The molecule has 0 aromatic rings. The van der Waals surface area contributed by atoms with Gasteiger partial charge < -0.3 is 20.7 Å². The zero-order chi connectivity index (χ0) is 9.61. The van der Waals surface area contributed by atoms with E-state index in [0.29, 0.717) is 6.54 Å². The summed E-state index contributed by atoms with van der Waals surface area (Å²) < 4.78 is 5.35. The monoisotopic (exact) mass is 177 g/mol. The summed E-state index contributed by atoms with van der Waals surface area (Å²) >= 11 is 0. The fourth-order valence-corrected chi connectivity index (χ4v) is 0.655. The molecule has 0 spiro atoms. The maximum absolute atomic E-state index is 9.00. The Balaban J connectivity index is 3.72. The van der Waals surface area contributed by atoms with Gasteiger partial charge in [-0.15, -0.1) is 0 Å². The maximum atomic E-state index is 9.00. The van der Waals surface area contributed by atoms with Gasteiger partial charge in [-0.05, 0) is 13.3 Å². The van der Waals surface area contributed by atoms with E-state index in [2.05, 4.69) is 0 Å². The third kappa shape index (κ3) is 4.01. The average Bonchev–Trinajstić information content (AvgIpc) is 2.13. The molecule has 0 saturated heterocycles. The minimum Gasteiger partial charge on any atom is -0.394 e. The Hall–Kier alpha value is -0.160. The Bertz CT molecular complexity index is 115. The minimum atomic E-state index is -0.803. The van der Waals surface area contributed by atoms with E-state index in [9.17, 15) is 0 Å². The molecule has 12 heavy (non-hydrogen) atoms. The third-order valence-electron chi connectivity index (χ3n) is 2.01. The molecule has 0 saturated carbocycles. The van der Waals surface area contributed by atoms with E-state index in [4.69, 9.17) is 20.7 Å². The number of ether oxygens (including phenoxy) is 1. The Morgan fingerprint density at radius 3 is 2.50 bits per heavy atom. The molecule has 0 aromatic heterocycles. The lowest BCUT2D eigenvalue weighted by atomic mass is 10.0. The summed E-state index contributed by atoms with van der Waals surface area (Å²) in [6, 6.07) is 0. The first-order valence-corrected chi connectivity index (χ1v) is 4.21. The van der Waals surface area contributed by atoms with Crippen LogP contribution in [0.3, 0.4) is 0 Å². The normalized spacial score (nSPS) is 18.8. The van der Waals surface area contributed by atoms with E-state index in [1.807, 2.05) is 13.8 Å². The molecule has 4 heteroatoms. The lowest BCUT2D eigenvalue weighted by Crippen LogP contribution is -2.39. The van der Waals surface area contributed by atoms with Gasteiger partial charge >= 0.3 is 0 Å². The predicted molar refractivity (Wildman–Crippen MR) is 46.8 cm³/mol. The highest BCUT2D eigenvalue weighted by Gasteiger charge is 2.21. The van der Waals surface area contributed by atoms with Crippen LogP contribution in [0.5, 0.6) is 0 Å². The molecule has 0 aliphatic rings. The molecular formula is C8H19NO3. The van der Waals surface area contributed by atoms with Crippen LogP contribution in [0, 0.1) is 0 Å². The molecule has 4 N–H and O–H groups in total. The average molecular weight is 177 g/mol. The lowest BCUT2D eigenvalue weighted by molar-refractivity contribution is -0.0764. The molecule has 2 atom stereocenters. The predicted octanol–water partition coefficient (Wildman–Crippen LogP) is -0.516. The van der Waals surface area contributed by atoms with Crippen molar-refractivity contribution in [1.29, 1.82) is 0 Å². The summed E-state index contributed by atoms with van der Waals surface area (Å²) in [5, 5.41) is 17.5. The summed E-state index contributed by atoms with van der Waals surface area (Å²) in [6.45, 7) is 4.14. The van der Waals surface area contributed by atoms with Crippen LogP contribution in [-0.2, 0) is 4.74 Å². The number of hydrogen-bond donors (Lipinski definition) is 3. The highest BCUT2D eigenvalue weighted by molar-refractivity contribution is 4.74. The summed E-state index contributed by atoms with van der Waals surface area (Å²) in [6.07, 6.45) is -0.0100. The zero-order valence-corrected chi connectivity index (χ0v) is 7.79. The molecule has 0 heterocycles. The van der Waals surface area contributed by atoms with Crippen molar-refractivity contribution in [2.24, 2.45) is 5.73 Å². The van der Waals surface area contributed by atoms with Gasteiger partial charge in [0.2, 0.25) is 0 Å². The van der Waals surface area contributed by atoms with E-state index in [0.717, 1.165) is 6.42 Å². The van der Waals surface area contributed by atoms with Gasteiger partial charge in [0.15, 0.2) is 0 Å². The van der Waals surface area contributed by atoms with Crippen molar-refractivity contribution in [3.8, 4) is 0 Å². The maximum Gasteiger partial charge on any atom is 0.100 e. The SMILES string of the molecule is CCC(C)(CN)OCC(O)CO. The standard InChI is InChI=1S/C8H19NO3/c1-3-8(2,6-9)12-5-7(11)4-10/h7,10-11H,3-6,9H2,1-2H3. The molecule has 0 aromatic carbocycles. The number of rotatable bonds is 6. The Morgan fingerprint density at radius 1 is 1.58 bits per heavy atom. The third-order valence-corrected chi connectivity index (χ3v) is 2.01. The van der Waals surface area contributed by atoms with Gasteiger partial charge in [-0.1, -0.05) is 6.92 Å². The smallest absolute Gasteiger partial charge is 0.100 e. The molecular weight excluding hydrogens is 158 g/mol. The first-order valence-electron chi connectivity index (χ1n) is 4.21. The first-order chi connectivity index (χ1) is 5.58. The molecule has 74 valence electrons. The summed E-state index contributed by atoms with van der Waals surface area (Å²) in [5.74, 6) is 0. The van der Waals surface area contributed by atoms with Crippen molar-refractivity contribution in [2.75, 3.05) is 19.8 Å². The molecule has 2 unspecified atom stereocenters. The number of hydrogen-bond acceptors (Lipinski definition) is 4. The summed E-state index contributed by atoms with van der Waals surface area (Å²) in [5.41, 5.74) is 5.10. The molecule has 0 bridgehead atoms. The molecule has 0 aliphatic carbocycles. The van der Waals surface area contributed by atoms with Crippen molar-refractivity contribution in [3.05, 3.63) is 0 Å². The number of aliphatic hydroxyl groups is 2. The van der Waals surface area contributed by atoms with Crippen LogP contribution in [0.25, 0.3) is 0 Å². The van der Waals surface area contributed by atoms with Crippen molar-refractivity contribution >= 4 is 0 Å². The van der Waals surface area contributed by atoms with Gasteiger partial charge in [-0.25, -0.2) is 0 Å². The number of aliphatic hydroxyl groups excluding tert-OH is 2. The van der Waals surface area contributed by atoms with Gasteiger partial charge in [0.05, 0.1) is 18.8 Å². The lowest BCUT2D eigenvalue weighted by Gasteiger charge is -2.27. The van der Waals surface area contributed by atoms with Crippen LogP contribution in [0.4, 0.5) is 0 Å².